The maximum absolute atomic E-state index is 11.3. The third-order valence-electron chi connectivity index (χ3n) is 2.28. The Kier molecular flexibility index (Phi) is 13.1. The lowest BCUT2D eigenvalue weighted by atomic mass is 10.1. The van der Waals surface area contributed by atoms with E-state index >= 15 is 0 Å². The molecule has 6 heteroatoms. The van der Waals surface area contributed by atoms with Crippen LogP contribution >= 0.6 is 40.7 Å². The van der Waals surface area contributed by atoms with E-state index in [0.29, 0.717) is 11.9 Å². The van der Waals surface area contributed by atoms with E-state index in [1.165, 1.54) is 12.7 Å². The number of ether oxygens (including phenoxy) is 1. The molecular weight excluding hydrogens is 341 g/mol. The summed E-state index contributed by atoms with van der Waals surface area (Å²) in [6, 6.07) is 10.1. The molecule has 1 rings (SSSR count). The highest BCUT2D eigenvalue weighted by molar-refractivity contribution is 9.09. The Balaban J connectivity index is 0. The number of hydrogen-bond donors (Lipinski definition) is 1. The van der Waals surface area contributed by atoms with Crippen molar-refractivity contribution < 1.29 is 9.53 Å². The van der Waals surface area contributed by atoms with Crippen LogP contribution < -0.4 is 5.32 Å². The first kappa shape index (κ1) is 20.0. The normalized spacial score (nSPS) is 10.8. The molecule has 18 heavy (non-hydrogen) atoms. The van der Waals surface area contributed by atoms with Gasteiger partial charge in [0.2, 0.25) is 0 Å². The summed E-state index contributed by atoms with van der Waals surface area (Å²) in [5.41, 5.74) is 1.21. The average Bonchev–Trinajstić information content (AvgIpc) is 2.35. The van der Waals surface area contributed by atoms with E-state index < -0.39 is 0 Å². The zero-order valence-electron chi connectivity index (χ0n) is 10.1. The molecule has 0 aliphatic carbocycles. The highest BCUT2D eigenvalue weighted by Gasteiger charge is 2.16. The second-order valence-electron chi connectivity index (χ2n) is 3.49. The van der Waals surface area contributed by atoms with Crippen LogP contribution in [-0.2, 0) is 16.1 Å². The number of hydrogen-bond acceptors (Lipinski definition) is 3. The Bertz CT molecular complexity index is 325. The summed E-state index contributed by atoms with van der Waals surface area (Å²) in [6.45, 7) is 1.38. The van der Waals surface area contributed by atoms with Crippen LogP contribution in [0.5, 0.6) is 0 Å². The zero-order valence-corrected chi connectivity index (χ0v) is 13.3. The molecular formula is C12H18BrCl2NO2. The molecule has 0 saturated carbocycles. The van der Waals surface area contributed by atoms with Gasteiger partial charge in [0.25, 0.3) is 0 Å². The molecule has 1 aromatic carbocycles. The van der Waals surface area contributed by atoms with E-state index in [4.69, 9.17) is 4.74 Å². The Labute approximate surface area is 129 Å². The van der Waals surface area contributed by atoms with Crippen LogP contribution in [0.2, 0.25) is 0 Å². The molecule has 0 amide bonds. The standard InChI is InChI=1S/C12H16BrNO2.2ClH/c1-16-12(15)11(7-13)9-14-8-10-5-3-2-4-6-10;;/h2-6,11,14H,7-9H2,1H3;2*1H. The van der Waals surface area contributed by atoms with Gasteiger partial charge in [-0.05, 0) is 5.56 Å². The van der Waals surface area contributed by atoms with Gasteiger partial charge < -0.3 is 10.1 Å². The Morgan fingerprint density at radius 1 is 1.33 bits per heavy atom. The molecule has 3 nitrogen and oxygen atoms in total. The van der Waals surface area contributed by atoms with E-state index in [2.05, 4.69) is 21.2 Å². The maximum Gasteiger partial charge on any atom is 0.310 e. The lowest BCUT2D eigenvalue weighted by Gasteiger charge is -2.12. The molecule has 1 aromatic rings. The van der Waals surface area contributed by atoms with E-state index in [1.807, 2.05) is 30.3 Å². The van der Waals surface area contributed by atoms with Crippen molar-refractivity contribution in [2.45, 2.75) is 6.54 Å². The van der Waals surface area contributed by atoms with Gasteiger partial charge in [0.1, 0.15) is 0 Å². The number of carbonyl (C=O) groups is 1. The molecule has 104 valence electrons. The molecule has 0 bridgehead atoms. The second-order valence-corrected chi connectivity index (χ2v) is 4.14. The zero-order chi connectivity index (χ0) is 11.8. The average molecular weight is 359 g/mol. The minimum atomic E-state index is -0.183. The van der Waals surface area contributed by atoms with Crippen molar-refractivity contribution in [3.8, 4) is 0 Å². The van der Waals surface area contributed by atoms with Gasteiger partial charge in [-0.3, -0.25) is 4.79 Å². The topological polar surface area (TPSA) is 38.3 Å². The van der Waals surface area contributed by atoms with Crippen molar-refractivity contribution in [2.75, 3.05) is 19.0 Å². The largest absolute Gasteiger partial charge is 0.469 e. The minimum Gasteiger partial charge on any atom is -0.469 e. The molecule has 0 fully saturated rings. The lowest BCUT2D eigenvalue weighted by Crippen LogP contribution is -2.30. The third kappa shape index (κ3) is 7.21. The first-order valence-corrected chi connectivity index (χ1v) is 6.28. The van der Waals surface area contributed by atoms with Crippen LogP contribution in [-0.4, -0.2) is 25.0 Å². The van der Waals surface area contributed by atoms with Crippen LogP contribution in [0.1, 0.15) is 5.56 Å². The lowest BCUT2D eigenvalue weighted by molar-refractivity contribution is -0.144. The minimum absolute atomic E-state index is 0. The number of benzene rings is 1. The molecule has 1 N–H and O–H groups in total. The van der Waals surface area contributed by atoms with Gasteiger partial charge in [0.15, 0.2) is 0 Å². The molecule has 1 atom stereocenters. The number of halogens is 3. The van der Waals surface area contributed by atoms with Crippen molar-refractivity contribution >= 4 is 46.7 Å². The van der Waals surface area contributed by atoms with Gasteiger partial charge in [0, 0.05) is 18.4 Å². The smallest absolute Gasteiger partial charge is 0.310 e. The van der Waals surface area contributed by atoms with Gasteiger partial charge in [-0.1, -0.05) is 46.3 Å². The molecule has 0 aliphatic rings. The van der Waals surface area contributed by atoms with Crippen LogP contribution in [0, 0.1) is 5.92 Å². The summed E-state index contributed by atoms with van der Waals surface area (Å²) in [4.78, 5) is 11.3. The summed E-state index contributed by atoms with van der Waals surface area (Å²) in [5, 5.41) is 3.85. The van der Waals surface area contributed by atoms with Gasteiger partial charge in [-0.25, -0.2) is 0 Å². The first-order chi connectivity index (χ1) is 7.77. The van der Waals surface area contributed by atoms with Gasteiger partial charge >= 0.3 is 5.97 Å². The van der Waals surface area contributed by atoms with Crippen molar-refractivity contribution in [2.24, 2.45) is 5.92 Å². The SMILES string of the molecule is COC(=O)C(CBr)CNCc1ccccc1.Cl.Cl. The third-order valence-corrected chi connectivity index (χ3v) is 3.07. The number of alkyl halides is 1. The molecule has 1 unspecified atom stereocenters. The van der Waals surface area contributed by atoms with Crippen molar-refractivity contribution in [3.05, 3.63) is 35.9 Å². The van der Waals surface area contributed by atoms with Gasteiger partial charge in [-0.2, -0.15) is 0 Å². The quantitative estimate of drug-likeness (QED) is 0.627. The van der Waals surface area contributed by atoms with Crippen LogP contribution in [0.3, 0.4) is 0 Å². The number of carbonyl (C=O) groups excluding carboxylic acids is 1. The van der Waals surface area contributed by atoms with Crippen LogP contribution in [0.15, 0.2) is 30.3 Å². The van der Waals surface area contributed by atoms with Gasteiger partial charge in [-0.15, -0.1) is 24.8 Å². The monoisotopic (exact) mass is 357 g/mol. The molecule has 0 saturated heterocycles. The summed E-state index contributed by atoms with van der Waals surface area (Å²) in [5.74, 6) is -0.314. The highest BCUT2D eigenvalue weighted by Crippen LogP contribution is 2.03. The maximum atomic E-state index is 11.3. The molecule has 0 aromatic heterocycles. The summed E-state index contributed by atoms with van der Waals surface area (Å²) >= 11 is 3.30. The Hall–Kier alpha value is -0.290. The second kappa shape index (κ2) is 11.8. The number of esters is 1. The fourth-order valence-electron chi connectivity index (χ4n) is 1.35. The fourth-order valence-corrected chi connectivity index (χ4v) is 1.85. The van der Waals surface area contributed by atoms with Gasteiger partial charge in [0.05, 0.1) is 13.0 Å². The predicted octanol–water partition coefficient (Wildman–Crippen LogP) is 2.80. The van der Waals surface area contributed by atoms with E-state index in [1.54, 1.807) is 0 Å². The Morgan fingerprint density at radius 2 is 1.94 bits per heavy atom. The Morgan fingerprint density at radius 3 is 2.44 bits per heavy atom. The van der Waals surface area contributed by atoms with Crippen LogP contribution in [0.4, 0.5) is 0 Å². The summed E-state index contributed by atoms with van der Waals surface area (Å²) < 4.78 is 4.70. The number of nitrogens with one attached hydrogen (secondary N) is 1. The number of rotatable bonds is 6. The highest BCUT2D eigenvalue weighted by atomic mass is 79.9. The van der Waals surface area contributed by atoms with Crippen molar-refractivity contribution in [1.29, 1.82) is 0 Å². The van der Waals surface area contributed by atoms with Crippen molar-refractivity contribution in [1.82, 2.24) is 5.32 Å². The molecule has 0 spiro atoms. The molecule has 0 heterocycles. The number of methoxy groups -OCH3 is 1. The molecule has 0 radical (unpaired) electrons. The molecule has 0 aliphatic heterocycles. The van der Waals surface area contributed by atoms with E-state index in [9.17, 15) is 4.79 Å². The predicted molar refractivity (Wildman–Crippen MR) is 81.9 cm³/mol. The summed E-state index contributed by atoms with van der Waals surface area (Å²) in [7, 11) is 1.41. The van der Waals surface area contributed by atoms with E-state index in [-0.39, 0.29) is 36.7 Å². The summed E-state index contributed by atoms with van der Waals surface area (Å²) in [6.07, 6.45) is 0. The first-order valence-electron chi connectivity index (χ1n) is 5.16. The van der Waals surface area contributed by atoms with E-state index in [0.717, 1.165) is 6.54 Å². The fraction of sp³-hybridized carbons (Fsp3) is 0.417. The van der Waals surface area contributed by atoms with Crippen LogP contribution in [0.25, 0.3) is 0 Å². The van der Waals surface area contributed by atoms with Crippen molar-refractivity contribution in [3.63, 3.8) is 0 Å².